The van der Waals surface area contributed by atoms with E-state index in [1.54, 1.807) is 73.4 Å². The van der Waals surface area contributed by atoms with Gasteiger partial charge in [0.25, 0.3) is 0 Å². The summed E-state index contributed by atoms with van der Waals surface area (Å²) in [7, 11) is -4.37. The summed E-state index contributed by atoms with van der Waals surface area (Å²) in [6.07, 6.45) is 6.68. The van der Waals surface area contributed by atoms with Gasteiger partial charge in [-0.1, -0.05) is 26.0 Å². The maximum atomic E-state index is 13.1. The van der Waals surface area contributed by atoms with E-state index in [0.29, 0.717) is 35.5 Å². The van der Waals surface area contributed by atoms with E-state index in [0.717, 1.165) is 0 Å². The molecular weight excluding hydrogens is 432 g/mol. The molecule has 3 rings (SSSR count). The number of hydrogen-bond acceptors (Lipinski definition) is 3. The Labute approximate surface area is 185 Å². The van der Waals surface area contributed by atoms with Crippen molar-refractivity contribution in [1.29, 1.82) is 0 Å². The Morgan fingerprint density at radius 2 is 1.75 bits per heavy atom. The number of imidazole rings is 1. The van der Waals surface area contributed by atoms with Crippen LogP contribution in [0, 0.1) is 5.82 Å². The van der Waals surface area contributed by atoms with Gasteiger partial charge in [-0.05, 0) is 60.9 Å². The Morgan fingerprint density at radius 3 is 2.31 bits per heavy atom. The molecule has 0 atom stereocenters. The van der Waals surface area contributed by atoms with E-state index in [1.165, 1.54) is 18.2 Å². The lowest BCUT2D eigenvalue weighted by atomic mass is 9.92. The third-order valence-corrected chi connectivity index (χ3v) is 7.60. The average molecular weight is 457 g/mol. The van der Waals surface area contributed by atoms with Gasteiger partial charge in [0.1, 0.15) is 5.82 Å². The van der Waals surface area contributed by atoms with E-state index < -0.39 is 12.8 Å². The number of nitrogens with one attached hydrogen (secondary N) is 1. The van der Waals surface area contributed by atoms with Crippen LogP contribution in [0.1, 0.15) is 37.9 Å². The molecule has 0 aliphatic carbocycles. The van der Waals surface area contributed by atoms with Crippen LogP contribution in [0.25, 0.3) is 11.8 Å². The molecule has 0 radical (unpaired) electrons. The first-order valence-electron chi connectivity index (χ1n) is 10.1. The molecule has 1 amide bonds. The Hall–Kier alpha value is -3.06. The van der Waals surface area contributed by atoms with Gasteiger partial charge >= 0.3 is 7.60 Å². The van der Waals surface area contributed by atoms with Gasteiger partial charge in [-0.3, -0.25) is 13.9 Å². The summed E-state index contributed by atoms with van der Waals surface area (Å²) >= 11 is 0. The Morgan fingerprint density at radius 1 is 1.12 bits per heavy atom. The first-order chi connectivity index (χ1) is 15.2. The molecule has 0 spiro atoms. The van der Waals surface area contributed by atoms with Crippen LogP contribution in [0.3, 0.4) is 0 Å². The highest BCUT2D eigenvalue weighted by Crippen LogP contribution is 2.60. The van der Waals surface area contributed by atoms with Gasteiger partial charge in [-0.2, -0.15) is 0 Å². The predicted molar refractivity (Wildman–Crippen MR) is 122 cm³/mol. The topological polar surface area (TPSA) is 104 Å². The molecule has 0 aliphatic heterocycles. The second-order valence-electron chi connectivity index (χ2n) is 7.35. The van der Waals surface area contributed by atoms with Gasteiger partial charge in [0, 0.05) is 17.5 Å². The highest BCUT2D eigenvalue weighted by molar-refractivity contribution is 7.53. The number of rotatable bonds is 8. The minimum Gasteiger partial charge on any atom is -0.324 e. The van der Waals surface area contributed by atoms with Crippen LogP contribution >= 0.6 is 7.60 Å². The molecule has 1 heterocycles. The van der Waals surface area contributed by atoms with E-state index in [9.17, 15) is 23.5 Å². The van der Waals surface area contributed by atoms with Crippen molar-refractivity contribution in [3.63, 3.8) is 0 Å². The molecule has 0 unspecified atom stereocenters. The smallest absolute Gasteiger partial charge is 0.324 e. The maximum Gasteiger partial charge on any atom is 0.335 e. The fourth-order valence-corrected chi connectivity index (χ4v) is 5.00. The summed E-state index contributed by atoms with van der Waals surface area (Å²) in [4.78, 5) is 36.2. The Balaban J connectivity index is 1.73. The number of carbonyl (C=O) groups is 1. The number of nitrogens with zero attached hydrogens (tertiary/aromatic N) is 2. The standard InChI is InChI=1S/C23H25FN3O4P/c1-3-23(4-2,32(29,30)31)17-5-9-19(10-6-17)26-22(28)14-13-21-15-25-16-27(21)20-11-7-18(24)8-12-20/h5-16H,3-4H2,1-2H3,(H,26,28)(H2,29,30,31)/b14-13+. The normalized spacial score (nSPS) is 12.3. The first kappa shape index (κ1) is 23.6. The van der Waals surface area contributed by atoms with Crippen molar-refractivity contribution in [3.8, 4) is 5.69 Å². The van der Waals surface area contributed by atoms with Crippen LogP contribution in [0.2, 0.25) is 0 Å². The van der Waals surface area contributed by atoms with Gasteiger partial charge in [0.15, 0.2) is 0 Å². The zero-order valence-electron chi connectivity index (χ0n) is 17.8. The first-order valence-corrected chi connectivity index (χ1v) is 11.7. The van der Waals surface area contributed by atoms with Crippen LogP contribution in [0.15, 0.2) is 67.1 Å². The van der Waals surface area contributed by atoms with Crippen LogP contribution in [-0.2, 0) is 14.5 Å². The summed E-state index contributed by atoms with van der Waals surface area (Å²) in [6, 6.07) is 12.4. The van der Waals surface area contributed by atoms with E-state index >= 15 is 0 Å². The highest BCUT2D eigenvalue weighted by Gasteiger charge is 2.45. The summed E-state index contributed by atoms with van der Waals surface area (Å²) < 4.78 is 27.0. The fraction of sp³-hybridized carbons (Fsp3) is 0.217. The van der Waals surface area contributed by atoms with Gasteiger partial charge in [-0.15, -0.1) is 0 Å². The molecule has 0 fully saturated rings. The van der Waals surface area contributed by atoms with Gasteiger partial charge in [0.2, 0.25) is 5.91 Å². The second kappa shape index (κ2) is 9.61. The molecule has 3 N–H and O–H groups in total. The Kier molecular flexibility index (Phi) is 7.09. The predicted octanol–water partition coefficient (Wildman–Crippen LogP) is 4.86. The van der Waals surface area contributed by atoms with Crippen LogP contribution < -0.4 is 5.32 Å². The second-order valence-corrected chi connectivity index (χ2v) is 9.29. The van der Waals surface area contributed by atoms with Crippen molar-refractivity contribution < 1.29 is 23.5 Å². The molecule has 7 nitrogen and oxygen atoms in total. The lowest BCUT2D eigenvalue weighted by Gasteiger charge is -2.33. The molecule has 32 heavy (non-hydrogen) atoms. The molecule has 0 bridgehead atoms. The maximum absolute atomic E-state index is 13.1. The molecule has 0 aliphatic rings. The molecular formula is C23H25FN3O4P. The van der Waals surface area contributed by atoms with Crippen molar-refractivity contribution in [2.45, 2.75) is 31.8 Å². The summed E-state index contributed by atoms with van der Waals surface area (Å²) in [5.74, 6) is -0.718. The molecule has 2 aromatic carbocycles. The van der Waals surface area contributed by atoms with Crippen molar-refractivity contribution in [3.05, 3.63) is 84.2 Å². The number of hydrogen-bond donors (Lipinski definition) is 3. The number of aromatic nitrogens is 2. The zero-order chi connectivity index (χ0) is 23.4. The monoisotopic (exact) mass is 457 g/mol. The third-order valence-electron chi connectivity index (χ3n) is 5.59. The average Bonchev–Trinajstić information content (AvgIpc) is 3.23. The zero-order valence-corrected chi connectivity index (χ0v) is 18.7. The lowest BCUT2D eigenvalue weighted by molar-refractivity contribution is -0.111. The SMILES string of the molecule is CCC(CC)(c1ccc(NC(=O)/C=C/c2cncn2-c2ccc(F)cc2)cc1)P(=O)(O)O. The summed E-state index contributed by atoms with van der Waals surface area (Å²) in [5, 5.41) is 1.48. The summed E-state index contributed by atoms with van der Waals surface area (Å²) in [5.41, 5.74) is 2.38. The third kappa shape index (κ3) is 4.88. The minimum absolute atomic E-state index is 0.296. The highest BCUT2D eigenvalue weighted by atomic mass is 31.2. The van der Waals surface area contributed by atoms with Crippen molar-refractivity contribution >= 4 is 25.3 Å². The molecule has 1 aromatic heterocycles. The van der Waals surface area contributed by atoms with E-state index in [2.05, 4.69) is 10.3 Å². The number of carbonyl (C=O) groups excluding carboxylic acids is 1. The van der Waals surface area contributed by atoms with Crippen molar-refractivity contribution in [2.24, 2.45) is 0 Å². The number of anilines is 1. The van der Waals surface area contributed by atoms with Crippen molar-refractivity contribution in [2.75, 3.05) is 5.32 Å². The lowest BCUT2D eigenvalue weighted by Crippen LogP contribution is -2.24. The quantitative estimate of drug-likeness (QED) is 0.331. The Bertz CT molecular complexity index is 1150. The molecule has 3 aromatic rings. The molecule has 0 saturated heterocycles. The largest absolute Gasteiger partial charge is 0.335 e. The molecule has 168 valence electrons. The van der Waals surface area contributed by atoms with E-state index in [1.807, 2.05) is 0 Å². The fourth-order valence-electron chi connectivity index (χ4n) is 3.69. The van der Waals surface area contributed by atoms with E-state index in [-0.39, 0.29) is 11.7 Å². The van der Waals surface area contributed by atoms with Crippen molar-refractivity contribution in [1.82, 2.24) is 9.55 Å². The van der Waals surface area contributed by atoms with Crippen LogP contribution in [0.5, 0.6) is 0 Å². The number of halogens is 1. The van der Waals surface area contributed by atoms with Gasteiger partial charge < -0.3 is 15.1 Å². The van der Waals surface area contributed by atoms with Gasteiger partial charge in [0.05, 0.1) is 23.4 Å². The molecule has 9 heteroatoms. The minimum atomic E-state index is -4.37. The van der Waals surface area contributed by atoms with Gasteiger partial charge in [-0.25, -0.2) is 9.37 Å². The van der Waals surface area contributed by atoms with E-state index in [4.69, 9.17) is 0 Å². The number of amides is 1. The molecule has 0 saturated carbocycles. The number of benzene rings is 2. The summed E-state index contributed by atoms with van der Waals surface area (Å²) in [6.45, 7) is 3.50. The van der Waals surface area contributed by atoms with Crippen LogP contribution in [-0.4, -0.2) is 25.2 Å². The van der Waals surface area contributed by atoms with Crippen LogP contribution in [0.4, 0.5) is 10.1 Å².